The zero-order chi connectivity index (χ0) is 19.4. The lowest BCUT2D eigenvalue weighted by atomic mass is 10.1. The number of para-hydroxylation sites is 3. The molecule has 0 aliphatic heterocycles. The molecule has 0 atom stereocenters. The average Bonchev–Trinajstić information content (AvgIpc) is 2.99. The van der Waals surface area contributed by atoms with E-state index in [0.29, 0.717) is 19.7 Å². The molecule has 0 saturated carbocycles. The van der Waals surface area contributed by atoms with Crippen molar-refractivity contribution in [2.45, 2.75) is 40.8 Å². The van der Waals surface area contributed by atoms with Crippen molar-refractivity contribution in [1.29, 1.82) is 0 Å². The molecule has 1 N–H and O–H groups in total. The summed E-state index contributed by atoms with van der Waals surface area (Å²) in [6, 6.07) is 14.2. The molecule has 27 heavy (non-hydrogen) atoms. The van der Waals surface area contributed by atoms with Gasteiger partial charge in [0, 0.05) is 5.92 Å². The van der Waals surface area contributed by atoms with Gasteiger partial charge in [-0.25, -0.2) is 4.98 Å². The van der Waals surface area contributed by atoms with Gasteiger partial charge in [-0.05, 0) is 37.1 Å². The molecule has 0 aliphatic rings. The molecule has 0 spiro atoms. The number of nitrogens with one attached hydrogen (secondary N) is 1. The normalized spacial score (nSPS) is 11.1. The van der Waals surface area contributed by atoms with Crippen molar-refractivity contribution in [2.24, 2.45) is 5.92 Å². The monoisotopic (exact) mass is 365 g/mol. The minimum atomic E-state index is -0.0461. The molecule has 142 valence electrons. The maximum atomic E-state index is 11.9. The van der Waals surface area contributed by atoms with Gasteiger partial charge in [0.2, 0.25) is 5.91 Å². The molecule has 0 saturated heterocycles. The number of ether oxygens (including phenoxy) is 1. The highest BCUT2D eigenvalue weighted by molar-refractivity contribution is 5.78. The van der Waals surface area contributed by atoms with Crippen molar-refractivity contribution >= 4 is 16.9 Å². The molecule has 1 amide bonds. The van der Waals surface area contributed by atoms with Gasteiger partial charge in [0.05, 0.1) is 24.1 Å². The van der Waals surface area contributed by atoms with Crippen LogP contribution < -0.4 is 10.1 Å². The third kappa shape index (κ3) is 4.30. The molecule has 0 bridgehead atoms. The number of hydrogen-bond acceptors (Lipinski definition) is 3. The quantitative estimate of drug-likeness (QED) is 0.688. The first-order chi connectivity index (χ1) is 13.0. The average molecular weight is 365 g/mol. The zero-order valence-electron chi connectivity index (χ0n) is 16.5. The number of hydrogen-bond donors (Lipinski definition) is 1. The van der Waals surface area contributed by atoms with Crippen molar-refractivity contribution < 1.29 is 9.53 Å². The molecule has 0 aliphatic carbocycles. The highest BCUT2D eigenvalue weighted by Gasteiger charge is 2.13. The summed E-state index contributed by atoms with van der Waals surface area (Å²) in [7, 11) is 0. The van der Waals surface area contributed by atoms with Crippen LogP contribution in [0, 0.1) is 19.8 Å². The van der Waals surface area contributed by atoms with E-state index in [1.54, 1.807) is 0 Å². The second-order valence-corrected chi connectivity index (χ2v) is 7.11. The Labute approximate surface area is 160 Å². The molecular formula is C22H27N3O2. The second-order valence-electron chi connectivity index (χ2n) is 7.11. The Morgan fingerprint density at radius 2 is 1.81 bits per heavy atom. The molecule has 3 aromatic rings. The zero-order valence-corrected chi connectivity index (χ0v) is 16.5. The molecule has 3 rings (SSSR count). The Hall–Kier alpha value is -2.82. The highest BCUT2D eigenvalue weighted by Crippen LogP contribution is 2.23. The Bertz CT molecular complexity index is 924. The van der Waals surface area contributed by atoms with Gasteiger partial charge in [-0.15, -0.1) is 0 Å². The SMILES string of the molecule is Cc1cccc(C)c1OCCn1c(CNC(=O)C(C)C)nc2ccccc21. The molecule has 0 fully saturated rings. The van der Waals surface area contributed by atoms with Gasteiger partial charge < -0.3 is 14.6 Å². The number of rotatable bonds is 7. The van der Waals surface area contributed by atoms with Crippen LogP contribution in [0.5, 0.6) is 5.75 Å². The fourth-order valence-electron chi connectivity index (χ4n) is 3.15. The number of aryl methyl sites for hydroxylation is 2. The maximum absolute atomic E-state index is 11.9. The van der Waals surface area contributed by atoms with Crippen LogP contribution in [0.4, 0.5) is 0 Å². The lowest BCUT2D eigenvalue weighted by Gasteiger charge is -2.14. The van der Waals surface area contributed by atoms with Crippen molar-refractivity contribution in [3.8, 4) is 5.75 Å². The van der Waals surface area contributed by atoms with E-state index in [-0.39, 0.29) is 11.8 Å². The lowest BCUT2D eigenvalue weighted by molar-refractivity contribution is -0.124. The number of carbonyl (C=O) groups excluding carboxylic acids is 1. The van der Waals surface area contributed by atoms with E-state index in [1.807, 2.05) is 38.1 Å². The predicted molar refractivity (Wildman–Crippen MR) is 108 cm³/mol. The van der Waals surface area contributed by atoms with E-state index in [0.717, 1.165) is 33.7 Å². The summed E-state index contributed by atoms with van der Waals surface area (Å²) in [5, 5.41) is 2.96. The summed E-state index contributed by atoms with van der Waals surface area (Å²) in [6.07, 6.45) is 0. The summed E-state index contributed by atoms with van der Waals surface area (Å²) in [4.78, 5) is 16.6. The first-order valence-corrected chi connectivity index (χ1v) is 9.38. The van der Waals surface area contributed by atoms with Crippen LogP contribution in [0.2, 0.25) is 0 Å². The third-order valence-corrected chi connectivity index (χ3v) is 4.65. The van der Waals surface area contributed by atoms with Crippen LogP contribution in [-0.4, -0.2) is 22.1 Å². The minimum Gasteiger partial charge on any atom is -0.491 e. The van der Waals surface area contributed by atoms with Gasteiger partial charge in [0.15, 0.2) is 0 Å². The van der Waals surface area contributed by atoms with Crippen LogP contribution in [0.15, 0.2) is 42.5 Å². The van der Waals surface area contributed by atoms with Crippen molar-refractivity contribution in [1.82, 2.24) is 14.9 Å². The molecule has 1 aromatic heterocycles. The van der Waals surface area contributed by atoms with Crippen LogP contribution in [0.3, 0.4) is 0 Å². The Balaban J connectivity index is 1.78. The highest BCUT2D eigenvalue weighted by atomic mass is 16.5. The largest absolute Gasteiger partial charge is 0.491 e. The van der Waals surface area contributed by atoms with Crippen LogP contribution in [-0.2, 0) is 17.9 Å². The summed E-state index contributed by atoms with van der Waals surface area (Å²) >= 11 is 0. The summed E-state index contributed by atoms with van der Waals surface area (Å²) in [6.45, 7) is 9.50. The van der Waals surface area contributed by atoms with E-state index in [4.69, 9.17) is 9.72 Å². The molecule has 1 heterocycles. The van der Waals surface area contributed by atoms with Crippen molar-refractivity contribution in [2.75, 3.05) is 6.61 Å². The van der Waals surface area contributed by atoms with Gasteiger partial charge in [-0.1, -0.05) is 44.2 Å². The number of nitrogens with zero attached hydrogens (tertiary/aromatic N) is 2. The van der Waals surface area contributed by atoms with E-state index in [1.165, 1.54) is 0 Å². The smallest absolute Gasteiger partial charge is 0.222 e. The Morgan fingerprint density at radius 3 is 2.52 bits per heavy atom. The summed E-state index contributed by atoms with van der Waals surface area (Å²) in [5.41, 5.74) is 4.25. The molecule has 0 radical (unpaired) electrons. The summed E-state index contributed by atoms with van der Waals surface area (Å²) in [5.74, 6) is 1.77. The predicted octanol–water partition coefficient (Wildman–Crippen LogP) is 4.00. The number of carbonyl (C=O) groups is 1. The molecule has 5 nitrogen and oxygen atoms in total. The topological polar surface area (TPSA) is 56.1 Å². The Kier molecular flexibility index (Phi) is 5.79. The molecule has 5 heteroatoms. The van der Waals surface area contributed by atoms with Gasteiger partial charge in [0.25, 0.3) is 0 Å². The van der Waals surface area contributed by atoms with Gasteiger partial charge >= 0.3 is 0 Å². The lowest BCUT2D eigenvalue weighted by Crippen LogP contribution is -2.28. The first-order valence-electron chi connectivity index (χ1n) is 9.38. The number of amides is 1. The Morgan fingerprint density at radius 1 is 1.11 bits per heavy atom. The van der Waals surface area contributed by atoms with E-state index >= 15 is 0 Å². The van der Waals surface area contributed by atoms with Gasteiger partial charge in [-0.3, -0.25) is 4.79 Å². The minimum absolute atomic E-state index is 0.0281. The van der Waals surface area contributed by atoms with Crippen LogP contribution in [0.25, 0.3) is 11.0 Å². The van der Waals surface area contributed by atoms with E-state index < -0.39 is 0 Å². The second kappa shape index (κ2) is 8.25. The number of fused-ring (bicyclic) bond motifs is 1. The first kappa shape index (κ1) is 19.0. The number of benzene rings is 2. The third-order valence-electron chi connectivity index (χ3n) is 4.65. The molecule has 0 unspecified atom stereocenters. The standard InChI is InChI=1S/C22H27N3O2/c1-15(2)22(26)23-14-20-24-18-10-5-6-11-19(18)25(20)12-13-27-21-16(3)8-7-9-17(21)4/h5-11,15H,12-14H2,1-4H3,(H,23,26). The van der Waals surface area contributed by atoms with E-state index in [2.05, 4.69) is 41.9 Å². The van der Waals surface area contributed by atoms with Crippen molar-refractivity contribution in [3.63, 3.8) is 0 Å². The van der Waals surface area contributed by atoms with E-state index in [9.17, 15) is 4.79 Å². The number of imidazole rings is 1. The maximum Gasteiger partial charge on any atom is 0.222 e. The van der Waals surface area contributed by atoms with Gasteiger partial charge in [-0.2, -0.15) is 0 Å². The number of aromatic nitrogens is 2. The van der Waals surface area contributed by atoms with Crippen molar-refractivity contribution in [3.05, 3.63) is 59.4 Å². The summed E-state index contributed by atoms with van der Waals surface area (Å²) < 4.78 is 8.20. The van der Waals surface area contributed by atoms with Crippen LogP contribution in [0.1, 0.15) is 30.8 Å². The fraction of sp³-hybridized carbons (Fsp3) is 0.364. The fourth-order valence-corrected chi connectivity index (χ4v) is 3.15. The molecular weight excluding hydrogens is 338 g/mol. The van der Waals surface area contributed by atoms with Gasteiger partial charge in [0.1, 0.15) is 18.2 Å². The molecule has 2 aromatic carbocycles. The van der Waals surface area contributed by atoms with Crippen LogP contribution >= 0.6 is 0 Å².